The van der Waals surface area contributed by atoms with Crippen molar-refractivity contribution in [3.63, 3.8) is 0 Å². The number of rotatable bonds is 7. The molecule has 0 rings (SSSR count). The molecule has 0 saturated heterocycles. The minimum atomic E-state index is -3.42. The minimum absolute atomic E-state index is 0.00194. The average molecular weight is 206 g/mol. The highest BCUT2D eigenvalue weighted by Crippen LogP contribution is 1.98. The molecular formula is C8H14O4S. The number of hydrogen-bond donors (Lipinski definition) is 0. The Kier molecular flexibility index (Phi) is 6.59. The first kappa shape index (κ1) is 12.4. The Bertz CT molecular complexity index is 250. The second kappa shape index (κ2) is 6.89. The summed E-state index contributed by atoms with van der Waals surface area (Å²) < 4.78 is 31.2. The topological polar surface area (TPSA) is 52.6 Å². The zero-order valence-corrected chi connectivity index (χ0v) is 8.47. The van der Waals surface area contributed by atoms with Crippen molar-refractivity contribution in [2.75, 3.05) is 26.1 Å². The molecule has 0 aliphatic rings. The number of unbranched alkanes of at least 4 members (excludes halogenated alkanes) is 1. The summed E-state index contributed by atoms with van der Waals surface area (Å²) in [4.78, 5) is 0. The first-order valence-electron chi connectivity index (χ1n) is 3.92. The average Bonchev–Trinajstić information content (AvgIpc) is 2.09. The largest absolute Gasteiger partial charge is 0.385 e. The van der Waals surface area contributed by atoms with Crippen LogP contribution in [0.1, 0.15) is 12.8 Å². The normalized spacial score (nSPS) is 11.1. The molecule has 0 atom stereocenters. The van der Waals surface area contributed by atoms with Crippen LogP contribution >= 0.6 is 0 Å². The quantitative estimate of drug-likeness (QED) is 0.343. The van der Waals surface area contributed by atoms with E-state index < -0.39 is 10.1 Å². The maximum Gasteiger partial charge on any atom is 0.268 e. The molecule has 0 fully saturated rings. The van der Waals surface area contributed by atoms with E-state index in [1.807, 2.05) is 0 Å². The van der Waals surface area contributed by atoms with Crippen LogP contribution in [0, 0.1) is 12.3 Å². The lowest BCUT2D eigenvalue weighted by Crippen LogP contribution is -2.11. The summed E-state index contributed by atoms with van der Waals surface area (Å²) in [7, 11) is -1.85. The van der Waals surface area contributed by atoms with Crippen LogP contribution in [0.25, 0.3) is 0 Å². The first-order chi connectivity index (χ1) is 6.12. The molecule has 0 aromatic heterocycles. The van der Waals surface area contributed by atoms with Gasteiger partial charge in [-0.3, -0.25) is 4.18 Å². The summed E-state index contributed by atoms with van der Waals surface area (Å²) in [6.45, 7) is 0.372. The molecule has 0 N–H and O–H groups in total. The smallest absolute Gasteiger partial charge is 0.268 e. The van der Waals surface area contributed by atoms with Gasteiger partial charge in [0.25, 0.3) is 10.1 Å². The standard InChI is InChI=1S/C8H14O4S/c1-3-6-12-13(9,10)8-5-4-7-11-2/h1H,4-8H2,2H3. The van der Waals surface area contributed by atoms with Gasteiger partial charge in [-0.1, -0.05) is 5.92 Å². The molecule has 0 unspecified atom stereocenters. The molecule has 76 valence electrons. The summed E-state index contributed by atoms with van der Waals surface area (Å²) in [6, 6.07) is 0. The number of hydrogen-bond acceptors (Lipinski definition) is 4. The highest BCUT2D eigenvalue weighted by molar-refractivity contribution is 7.86. The zero-order chi connectivity index (χ0) is 10.2. The lowest BCUT2D eigenvalue weighted by molar-refractivity contribution is 0.194. The van der Waals surface area contributed by atoms with E-state index in [9.17, 15) is 8.42 Å². The Morgan fingerprint density at radius 1 is 1.38 bits per heavy atom. The summed E-state index contributed by atoms with van der Waals surface area (Å²) >= 11 is 0. The predicted molar refractivity (Wildman–Crippen MR) is 49.7 cm³/mol. The van der Waals surface area contributed by atoms with E-state index in [1.165, 1.54) is 0 Å². The van der Waals surface area contributed by atoms with E-state index in [4.69, 9.17) is 11.2 Å². The monoisotopic (exact) mass is 206 g/mol. The third kappa shape index (κ3) is 7.78. The first-order valence-corrected chi connectivity index (χ1v) is 5.49. The van der Waals surface area contributed by atoms with E-state index in [-0.39, 0.29) is 12.4 Å². The van der Waals surface area contributed by atoms with Gasteiger partial charge in [-0.25, -0.2) is 0 Å². The molecule has 0 heterocycles. The predicted octanol–water partition coefficient (Wildman–Crippen LogP) is 0.393. The van der Waals surface area contributed by atoms with E-state index in [2.05, 4.69) is 10.1 Å². The Balaban J connectivity index is 3.59. The molecule has 0 saturated carbocycles. The van der Waals surface area contributed by atoms with Crippen molar-refractivity contribution in [1.29, 1.82) is 0 Å². The maximum absolute atomic E-state index is 11.0. The number of terminal acetylenes is 1. The third-order valence-electron chi connectivity index (χ3n) is 1.31. The van der Waals surface area contributed by atoms with Crippen molar-refractivity contribution < 1.29 is 17.3 Å². The van der Waals surface area contributed by atoms with Crippen LogP contribution in [-0.4, -0.2) is 34.5 Å². The van der Waals surface area contributed by atoms with Gasteiger partial charge in [0.15, 0.2) is 0 Å². The van der Waals surface area contributed by atoms with Gasteiger partial charge in [0.1, 0.15) is 6.61 Å². The second-order valence-electron chi connectivity index (χ2n) is 2.43. The van der Waals surface area contributed by atoms with E-state index in [0.29, 0.717) is 19.4 Å². The van der Waals surface area contributed by atoms with E-state index in [1.54, 1.807) is 7.11 Å². The number of methoxy groups -OCH3 is 1. The number of ether oxygens (including phenoxy) is 1. The van der Waals surface area contributed by atoms with Crippen molar-refractivity contribution in [1.82, 2.24) is 0 Å². The lowest BCUT2D eigenvalue weighted by Gasteiger charge is -2.01. The fourth-order valence-corrected chi connectivity index (χ4v) is 1.63. The van der Waals surface area contributed by atoms with Gasteiger partial charge in [-0.15, -0.1) is 6.42 Å². The van der Waals surface area contributed by atoms with Gasteiger partial charge in [-0.05, 0) is 12.8 Å². The summed E-state index contributed by atoms with van der Waals surface area (Å²) in [5.41, 5.74) is 0. The van der Waals surface area contributed by atoms with Gasteiger partial charge >= 0.3 is 0 Å². The Hall–Kier alpha value is -0.570. The Morgan fingerprint density at radius 2 is 2.08 bits per heavy atom. The fraction of sp³-hybridized carbons (Fsp3) is 0.750. The van der Waals surface area contributed by atoms with Gasteiger partial charge < -0.3 is 4.74 Å². The fourth-order valence-electron chi connectivity index (χ4n) is 0.708. The van der Waals surface area contributed by atoms with Crippen LogP contribution in [0.4, 0.5) is 0 Å². The second-order valence-corrected chi connectivity index (χ2v) is 4.19. The Labute approximate surface area is 79.4 Å². The molecule has 0 aliphatic carbocycles. The molecule has 0 amide bonds. The molecule has 0 aromatic rings. The van der Waals surface area contributed by atoms with Crippen molar-refractivity contribution in [2.24, 2.45) is 0 Å². The van der Waals surface area contributed by atoms with Gasteiger partial charge in [0.2, 0.25) is 0 Å². The van der Waals surface area contributed by atoms with Crippen LogP contribution < -0.4 is 0 Å². The summed E-state index contributed by atoms with van der Waals surface area (Å²) in [5, 5.41) is 0. The van der Waals surface area contributed by atoms with Crippen molar-refractivity contribution in [2.45, 2.75) is 12.8 Å². The third-order valence-corrected chi connectivity index (χ3v) is 2.58. The highest BCUT2D eigenvalue weighted by atomic mass is 32.2. The molecule has 0 radical (unpaired) electrons. The minimum Gasteiger partial charge on any atom is -0.385 e. The van der Waals surface area contributed by atoms with Crippen LogP contribution in [-0.2, 0) is 19.0 Å². The molecule has 0 aliphatic heterocycles. The van der Waals surface area contributed by atoms with E-state index in [0.717, 1.165) is 0 Å². The molecule has 5 heteroatoms. The van der Waals surface area contributed by atoms with Gasteiger partial charge in [0.05, 0.1) is 5.75 Å². The van der Waals surface area contributed by atoms with Crippen molar-refractivity contribution in [3.8, 4) is 12.3 Å². The van der Waals surface area contributed by atoms with Crippen LogP contribution in [0.15, 0.2) is 0 Å². The molecule has 13 heavy (non-hydrogen) atoms. The lowest BCUT2D eigenvalue weighted by atomic mass is 10.4. The Morgan fingerprint density at radius 3 is 2.62 bits per heavy atom. The maximum atomic E-state index is 11.0. The van der Waals surface area contributed by atoms with E-state index >= 15 is 0 Å². The molecule has 0 bridgehead atoms. The van der Waals surface area contributed by atoms with Crippen LogP contribution in [0.5, 0.6) is 0 Å². The molecular weight excluding hydrogens is 192 g/mol. The van der Waals surface area contributed by atoms with Crippen molar-refractivity contribution >= 4 is 10.1 Å². The molecule has 4 nitrogen and oxygen atoms in total. The SMILES string of the molecule is C#CCOS(=O)(=O)CCCCOC. The summed E-state index contributed by atoms with van der Waals surface area (Å²) in [5.74, 6) is 2.10. The van der Waals surface area contributed by atoms with Crippen LogP contribution in [0.2, 0.25) is 0 Å². The van der Waals surface area contributed by atoms with Gasteiger partial charge in [0, 0.05) is 13.7 Å². The van der Waals surface area contributed by atoms with Gasteiger partial charge in [-0.2, -0.15) is 8.42 Å². The highest BCUT2D eigenvalue weighted by Gasteiger charge is 2.09. The zero-order valence-electron chi connectivity index (χ0n) is 7.65. The summed E-state index contributed by atoms with van der Waals surface area (Å²) in [6.07, 6.45) is 6.08. The van der Waals surface area contributed by atoms with Crippen molar-refractivity contribution in [3.05, 3.63) is 0 Å². The molecule has 0 spiro atoms. The molecule has 0 aromatic carbocycles. The van der Waals surface area contributed by atoms with Crippen LogP contribution in [0.3, 0.4) is 0 Å².